The van der Waals surface area contributed by atoms with Crippen molar-refractivity contribution in [3.63, 3.8) is 0 Å². The summed E-state index contributed by atoms with van der Waals surface area (Å²) < 4.78 is 12.6. The highest BCUT2D eigenvalue weighted by molar-refractivity contribution is 6.62. The van der Waals surface area contributed by atoms with Gasteiger partial charge in [-0.05, 0) is 140 Å². The Hall–Kier alpha value is -2.14. The van der Waals surface area contributed by atoms with Gasteiger partial charge in [-0.3, -0.25) is 0 Å². The van der Waals surface area contributed by atoms with E-state index in [9.17, 15) is 5.11 Å². The molecule has 3 aromatic carbocycles. The molecule has 1 N–H and O–H groups in total. The van der Waals surface area contributed by atoms with Gasteiger partial charge < -0.3 is 14.4 Å². The Morgan fingerprint density at radius 2 is 1.31 bits per heavy atom. The molecule has 0 aromatic heterocycles. The predicted octanol–water partition coefficient (Wildman–Crippen LogP) is 7.72. The molecule has 5 aliphatic rings. The third kappa shape index (κ3) is 4.21. The van der Waals surface area contributed by atoms with Crippen molar-refractivity contribution < 1.29 is 14.4 Å². The number of hydrogen-bond donors (Lipinski definition) is 1. The van der Waals surface area contributed by atoms with E-state index < -0.39 is 0 Å². The zero-order valence-corrected chi connectivity index (χ0v) is 24.3. The predicted molar refractivity (Wildman–Crippen MR) is 160 cm³/mol. The summed E-state index contributed by atoms with van der Waals surface area (Å²) in [5, 5.41) is 13.5. The molecule has 1 heterocycles. The fourth-order valence-corrected chi connectivity index (χ4v) is 8.72. The molecule has 204 valence electrons. The van der Waals surface area contributed by atoms with Gasteiger partial charge in [-0.2, -0.15) is 0 Å². The molecular formula is C35H43BO3. The zero-order valence-electron chi connectivity index (χ0n) is 24.3. The maximum absolute atomic E-state index is 11.1. The summed E-state index contributed by atoms with van der Waals surface area (Å²) in [6.45, 7) is 10.5. The van der Waals surface area contributed by atoms with Crippen molar-refractivity contribution in [2.24, 2.45) is 17.8 Å². The van der Waals surface area contributed by atoms with Gasteiger partial charge in [0.15, 0.2) is 0 Å². The van der Waals surface area contributed by atoms with Gasteiger partial charge in [0.1, 0.15) is 0 Å². The SMILES string of the molecule is CCC(O)c1ccc(-c2ccc3cc(B4OC(C)(C)C(C)(C)O4)ccc3c2)cc1C12CC3CC(CC(C3)C1)C2. The first-order chi connectivity index (χ1) is 18.6. The number of rotatable bonds is 5. The third-order valence-corrected chi connectivity index (χ3v) is 11.1. The molecule has 1 aliphatic heterocycles. The first kappa shape index (κ1) is 25.8. The maximum atomic E-state index is 11.1. The van der Waals surface area contributed by atoms with Crippen LogP contribution in [0.1, 0.15) is 96.8 Å². The van der Waals surface area contributed by atoms with E-state index in [1.807, 2.05) is 0 Å². The van der Waals surface area contributed by atoms with Crippen LogP contribution in [-0.2, 0) is 14.7 Å². The van der Waals surface area contributed by atoms with Crippen molar-refractivity contribution in [3.8, 4) is 11.1 Å². The molecule has 8 rings (SSSR count). The smallest absolute Gasteiger partial charge is 0.399 e. The van der Waals surface area contributed by atoms with Crippen LogP contribution in [0.4, 0.5) is 0 Å². The summed E-state index contributed by atoms with van der Waals surface area (Å²) in [6, 6.07) is 20.3. The quantitative estimate of drug-likeness (QED) is 0.349. The topological polar surface area (TPSA) is 38.7 Å². The Balaban J connectivity index is 1.24. The molecule has 1 saturated heterocycles. The lowest BCUT2D eigenvalue weighted by Crippen LogP contribution is -2.49. The van der Waals surface area contributed by atoms with Gasteiger partial charge in [-0.15, -0.1) is 0 Å². The molecule has 5 fully saturated rings. The second-order valence-electron chi connectivity index (χ2n) is 14.3. The highest BCUT2D eigenvalue weighted by atomic mass is 16.7. The van der Waals surface area contributed by atoms with E-state index in [1.165, 1.54) is 71.6 Å². The highest BCUT2D eigenvalue weighted by Crippen LogP contribution is 2.61. The van der Waals surface area contributed by atoms with Crippen LogP contribution in [0, 0.1) is 17.8 Å². The van der Waals surface area contributed by atoms with E-state index in [0.29, 0.717) is 0 Å². The zero-order chi connectivity index (χ0) is 27.2. The Kier molecular flexibility index (Phi) is 5.91. The molecule has 3 aromatic rings. The van der Waals surface area contributed by atoms with Gasteiger partial charge in [-0.1, -0.05) is 55.5 Å². The number of fused-ring (bicyclic) bond motifs is 1. The molecule has 1 unspecified atom stereocenters. The monoisotopic (exact) mass is 522 g/mol. The molecule has 0 spiro atoms. The molecule has 0 amide bonds. The van der Waals surface area contributed by atoms with Crippen molar-refractivity contribution >= 4 is 23.4 Å². The Labute approximate surface area is 234 Å². The third-order valence-electron chi connectivity index (χ3n) is 11.1. The largest absolute Gasteiger partial charge is 0.494 e. The van der Waals surface area contributed by atoms with Crippen LogP contribution in [0.15, 0.2) is 54.6 Å². The fraction of sp³-hybridized carbons (Fsp3) is 0.543. The van der Waals surface area contributed by atoms with E-state index in [-0.39, 0.29) is 29.8 Å². The van der Waals surface area contributed by atoms with Gasteiger partial charge >= 0.3 is 7.12 Å². The second kappa shape index (κ2) is 8.93. The normalized spacial score (nSPS) is 31.2. The van der Waals surface area contributed by atoms with E-state index in [1.54, 1.807) is 0 Å². The van der Waals surface area contributed by atoms with Crippen LogP contribution in [-0.4, -0.2) is 23.4 Å². The maximum Gasteiger partial charge on any atom is 0.494 e. The molecular weight excluding hydrogens is 479 g/mol. The molecule has 0 radical (unpaired) electrons. The molecule has 39 heavy (non-hydrogen) atoms. The van der Waals surface area contributed by atoms with Crippen LogP contribution in [0.3, 0.4) is 0 Å². The molecule has 3 nitrogen and oxygen atoms in total. The average molecular weight is 523 g/mol. The first-order valence-electron chi connectivity index (χ1n) is 15.3. The second-order valence-corrected chi connectivity index (χ2v) is 14.3. The van der Waals surface area contributed by atoms with Crippen LogP contribution >= 0.6 is 0 Å². The molecule has 4 heteroatoms. The first-order valence-corrected chi connectivity index (χ1v) is 15.3. The van der Waals surface area contributed by atoms with Crippen LogP contribution in [0.25, 0.3) is 21.9 Å². The lowest BCUT2D eigenvalue weighted by atomic mass is 9.47. The number of hydrogen-bond acceptors (Lipinski definition) is 3. The van der Waals surface area contributed by atoms with Gasteiger partial charge in [-0.25, -0.2) is 0 Å². The van der Waals surface area contributed by atoms with Gasteiger partial charge in [0.2, 0.25) is 0 Å². The average Bonchev–Trinajstić information content (AvgIpc) is 3.13. The summed E-state index contributed by atoms with van der Waals surface area (Å²) in [6.07, 6.45) is 8.61. The highest BCUT2D eigenvalue weighted by Gasteiger charge is 2.53. The minimum absolute atomic E-state index is 0.255. The van der Waals surface area contributed by atoms with Crippen LogP contribution in [0.5, 0.6) is 0 Å². The summed E-state index contributed by atoms with van der Waals surface area (Å²) in [5.74, 6) is 2.64. The van der Waals surface area contributed by atoms with Crippen molar-refractivity contribution in [2.45, 2.75) is 102 Å². The summed E-state index contributed by atoms with van der Waals surface area (Å²) in [4.78, 5) is 0. The van der Waals surface area contributed by atoms with Crippen LogP contribution < -0.4 is 5.46 Å². The van der Waals surface area contributed by atoms with Gasteiger partial charge in [0.25, 0.3) is 0 Å². The van der Waals surface area contributed by atoms with Crippen molar-refractivity contribution in [1.82, 2.24) is 0 Å². The van der Waals surface area contributed by atoms with E-state index in [0.717, 1.165) is 29.6 Å². The van der Waals surface area contributed by atoms with Crippen LogP contribution in [0.2, 0.25) is 0 Å². The van der Waals surface area contributed by atoms with Gasteiger partial charge in [0.05, 0.1) is 17.3 Å². The molecule has 1 atom stereocenters. The minimum Gasteiger partial charge on any atom is -0.399 e. The number of aliphatic hydroxyl groups excluding tert-OH is 1. The van der Waals surface area contributed by atoms with E-state index >= 15 is 0 Å². The molecule has 4 bridgehead atoms. The van der Waals surface area contributed by atoms with Crippen molar-refractivity contribution in [1.29, 1.82) is 0 Å². The Morgan fingerprint density at radius 3 is 1.92 bits per heavy atom. The number of aliphatic hydroxyl groups is 1. The Bertz CT molecular complexity index is 1370. The molecule has 4 aliphatic carbocycles. The van der Waals surface area contributed by atoms with E-state index in [2.05, 4.69) is 89.2 Å². The van der Waals surface area contributed by atoms with Crippen molar-refractivity contribution in [2.75, 3.05) is 0 Å². The summed E-state index contributed by atoms with van der Waals surface area (Å²) in [7, 11) is -0.348. The summed E-state index contributed by atoms with van der Waals surface area (Å²) in [5.41, 5.74) is 5.77. The number of benzene rings is 3. The molecule has 4 saturated carbocycles. The fourth-order valence-electron chi connectivity index (χ4n) is 8.72. The lowest BCUT2D eigenvalue weighted by molar-refractivity contribution is -0.00664. The Morgan fingerprint density at radius 1 is 0.769 bits per heavy atom. The minimum atomic E-state index is -0.382. The van der Waals surface area contributed by atoms with Gasteiger partial charge in [0, 0.05) is 0 Å². The lowest BCUT2D eigenvalue weighted by Gasteiger charge is -2.57. The van der Waals surface area contributed by atoms with E-state index in [4.69, 9.17) is 9.31 Å². The summed E-state index contributed by atoms with van der Waals surface area (Å²) >= 11 is 0. The standard InChI is InChI=1S/C35H43BO3/c1-6-32(37)30-12-10-28(18-31(30)35-19-22-13-23(20-35)15-24(14-22)21-35)25-7-8-27-17-29(11-9-26(27)16-25)36-38-33(2,3)34(4,5)39-36/h7-12,16-18,22-24,32,37H,6,13-15,19-21H2,1-5H3. The van der Waals surface area contributed by atoms with Crippen molar-refractivity contribution in [3.05, 3.63) is 65.7 Å².